The van der Waals surface area contributed by atoms with Gasteiger partial charge in [0.2, 0.25) is 0 Å². The van der Waals surface area contributed by atoms with Crippen LogP contribution < -0.4 is 5.73 Å². The average molecular weight is 423 g/mol. The normalized spacial score (nSPS) is 14.5. The summed E-state index contributed by atoms with van der Waals surface area (Å²) in [6, 6.07) is 7.14. The Balaban J connectivity index is 0.000000192. The van der Waals surface area contributed by atoms with Gasteiger partial charge >= 0.3 is 0 Å². The molecular weight excluding hydrogens is 397 g/mol. The molecule has 1 aliphatic heterocycles. The van der Waals surface area contributed by atoms with Gasteiger partial charge in [-0.1, -0.05) is 19.1 Å². The molecule has 1 aromatic carbocycles. The van der Waals surface area contributed by atoms with Crippen LogP contribution in [0.25, 0.3) is 21.9 Å². The van der Waals surface area contributed by atoms with E-state index in [2.05, 4.69) is 31.8 Å². The van der Waals surface area contributed by atoms with Gasteiger partial charge in [-0.3, -0.25) is 9.88 Å². The van der Waals surface area contributed by atoms with Crippen molar-refractivity contribution in [1.29, 1.82) is 0 Å². The van der Waals surface area contributed by atoms with Crippen LogP contribution in [0, 0.1) is 5.82 Å². The lowest BCUT2D eigenvalue weighted by Crippen LogP contribution is -2.37. The first-order valence-corrected chi connectivity index (χ1v) is 10.4. The highest BCUT2D eigenvalue weighted by Gasteiger charge is 2.13. The lowest BCUT2D eigenvalue weighted by molar-refractivity contribution is 0.0384. The summed E-state index contributed by atoms with van der Waals surface area (Å²) in [4.78, 5) is 21.5. The molecule has 0 bridgehead atoms. The van der Waals surface area contributed by atoms with Gasteiger partial charge in [-0.15, -0.1) is 0 Å². The van der Waals surface area contributed by atoms with E-state index in [4.69, 9.17) is 15.5 Å². The number of nitrogens with zero attached hydrogens (tertiary/aromatic N) is 5. The van der Waals surface area contributed by atoms with Crippen LogP contribution in [0.15, 0.2) is 36.9 Å². The van der Waals surface area contributed by atoms with Gasteiger partial charge in [0.1, 0.15) is 17.7 Å². The maximum Gasteiger partial charge on any atom is 0.182 e. The number of hydrogen-bond donors (Lipinski definition) is 2. The van der Waals surface area contributed by atoms with Crippen molar-refractivity contribution in [2.75, 3.05) is 38.6 Å². The molecule has 0 atom stereocenters. The van der Waals surface area contributed by atoms with Crippen molar-refractivity contribution in [1.82, 2.24) is 29.8 Å². The quantitative estimate of drug-likeness (QED) is 0.520. The number of pyridine rings is 1. The third-order valence-corrected chi connectivity index (χ3v) is 5.34. The monoisotopic (exact) mass is 423 g/mol. The van der Waals surface area contributed by atoms with Crippen LogP contribution >= 0.6 is 0 Å². The van der Waals surface area contributed by atoms with Crippen molar-refractivity contribution in [3.63, 3.8) is 0 Å². The highest BCUT2D eigenvalue weighted by Crippen LogP contribution is 2.22. The Hall–Kier alpha value is -3.17. The lowest BCUT2D eigenvalue weighted by Gasteiger charge is -2.26. The number of hydrogen-bond acceptors (Lipinski definition) is 7. The van der Waals surface area contributed by atoms with Crippen LogP contribution in [0.2, 0.25) is 0 Å². The van der Waals surface area contributed by atoms with Crippen LogP contribution in [0.5, 0.6) is 0 Å². The van der Waals surface area contributed by atoms with Gasteiger partial charge in [0, 0.05) is 48.2 Å². The fourth-order valence-corrected chi connectivity index (χ4v) is 3.61. The van der Waals surface area contributed by atoms with Crippen molar-refractivity contribution >= 4 is 27.8 Å². The number of morpholine rings is 1. The third kappa shape index (κ3) is 4.95. The number of nitrogens with one attached hydrogen (secondary N) is 1. The molecule has 4 aromatic rings. The van der Waals surface area contributed by atoms with E-state index < -0.39 is 0 Å². The van der Waals surface area contributed by atoms with Gasteiger partial charge in [-0.2, -0.15) is 0 Å². The Morgan fingerprint density at radius 1 is 1.16 bits per heavy atom. The van der Waals surface area contributed by atoms with Gasteiger partial charge in [-0.25, -0.2) is 19.3 Å². The zero-order valence-electron chi connectivity index (χ0n) is 17.5. The molecule has 0 radical (unpaired) electrons. The molecule has 0 spiro atoms. The molecular formula is C22H26FN7O. The molecule has 8 nitrogen and oxygen atoms in total. The molecule has 0 unspecified atom stereocenters. The van der Waals surface area contributed by atoms with Gasteiger partial charge < -0.3 is 15.5 Å². The third-order valence-electron chi connectivity index (χ3n) is 5.34. The first-order chi connectivity index (χ1) is 15.2. The number of aromatic amines is 1. The van der Waals surface area contributed by atoms with E-state index >= 15 is 0 Å². The second-order valence-corrected chi connectivity index (χ2v) is 7.31. The molecule has 31 heavy (non-hydrogen) atoms. The number of nitrogens with two attached hydrogens (primary N) is 1. The lowest BCUT2D eigenvalue weighted by atomic mass is 10.0. The minimum Gasteiger partial charge on any atom is -0.382 e. The van der Waals surface area contributed by atoms with Crippen molar-refractivity contribution in [3.8, 4) is 0 Å². The molecule has 3 aromatic heterocycles. The first kappa shape index (κ1) is 21.1. The van der Waals surface area contributed by atoms with E-state index in [1.54, 1.807) is 6.07 Å². The number of anilines is 1. The predicted octanol–water partition coefficient (Wildman–Crippen LogP) is 2.75. The molecule has 0 saturated carbocycles. The fourth-order valence-electron chi connectivity index (χ4n) is 3.61. The number of aryl methyl sites for hydroxylation is 1. The van der Waals surface area contributed by atoms with Crippen molar-refractivity contribution < 1.29 is 9.13 Å². The van der Waals surface area contributed by atoms with Crippen LogP contribution in [-0.2, 0) is 17.6 Å². The van der Waals surface area contributed by atoms with Crippen LogP contribution in [0.4, 0.5) is 10.2 Å². The highest BCUT2D eigenvalue weighted by atomic mass is 19.1. The molecule has 0 aliphatic carbocycles. The minimum atomic E-state index is -0.155. The summed E-state index contributed by atoms with van der Waals surface area (Å²) in [7, 11) is 0. The number of H-pyrrole nitrogens is 1. The largest absolute Gasteiger partial charge is 0.382 e. The topological polar surface area (TPSA) is 106 Å². The van der Waals surface area contributed by atoms with Crippen LogP contribution in [0.1, 0.15) is 18.3 Å². The number of nitrogen functional groups attached to an aromatic ring is 1. The molecule has 5 rings (SSSR count). The highest BCUT2D eigenvalue weighted by molar-refractivity contribution is 5.85. The Morgan fingerprint density at radius 3 is 2.77 bits per heavy atom. The number of ether oxygens (including phenoxy) is 1. The molecule has 4 heterocycles. The van der Waals surface area contributed by atoms with E-state index in [1.807, 2.05) is 12.1 Å². The van der Waals surface area contributed by atoms with E-state index in [9.17, 15) is 4.39 Å². The van der Waals surface area contributed by atoms with E-state index in [-0.39, 0.29) is 5.82 Å². The number of benzene rings is 1. The maximum atomic E-state index is 14.0. The molecule has 9 heteroatoms. The number of imidazole rings is 1. The average Bonchev–Trinajstić information content (AvgIpc) is 3.29. The maximum absolute atomic E-state index is 14.0. The second kappa shape index (κ2) is 9.76. The molecule has 162 valence electrons. The van der Waals surface area contributed by atoms with E-state index in [1.165, 1.54) is 18.7 Å². The van der Waals surface area contributed by atoms with Gasteiger partial charge in [0.15, 0.2) is 11.5 Å². The van der Waals surface area contributed by atoms with Crippen molar-refractivity contribution in [2.24, 2.45) is 0 Å². The molecule has 0 amide bonds. The Morgan fingerprint density at radius 2 is 2.00 bits per heavy atom. The molecule has 1 aliphatic rings. The summed E-state index contributed by atoms with van der Waals surface area (Å²) in [5.41, 5.74) is 8.75. The smallest absolute Gasteiger partial charge is 0.182 e. The summed E-state index contributed by atoms with van der Waals surface area (Å²) in [5.74, 6) is 0.278. The number of rotatable bonds is 4. The van der Waals surface area contributed by atoms with Crippen LogP contribution in [-0.4, -0.2) is 62.7 Å². The molecule has 3 N–H and O–H groups in total. The summed E-state index contributed by atoms with van der Waals surface area (Å²) >= 11 is 0. The zero-order chi connectivity index (χ0) is 21.6. The number of fused-ring (bicyclic) bond motifs is 2. The predicted molar refractivity (Wildman–Crippen MR) is 118 cm³/mol. The zero-order valence-corrected chi connectivity index (χ0v) is 17.5. The Labute approximate surface area is 179 Å². The van der Waals surface area contributed by atoms with Gasteiger partial charge in [0.05, 0.1) is 19.5 Å². The number of halogens is 1. The Kier molecular flexibility index (Phi) is 6.63. The first-order valence-electron chi connectivity index (χ1n) is 10.4. The standard InChI is InChI=1S/C17H21FN2O.C5H5N5/c1-2-13-12-15-14(4-3-5-16(15)18)17(19-13)6-7-20-8-10-21-11-9-20;6-4-3-5(9-1-7-3)10-2-8-4/h3-5,12H,2,6-11H2,1H3;1-2H,(H3,6,7,8,9,10). The summed E-state index contributed by atoms with van der Waals surface area (Å²) in [6.45, 7) is 6.56. The summed E-state index contributed by atoms with van der Waals surface area (Å²) in [5, 5.41) is 1.64. The SMILES string of the molecule is CCc1cc2c(F)cccc2c(CCN2CCOCC2)n1.Nc1ncnc2nc[nH]c12. The molecule has 1 fully saturated rings. The number of aromatic nitrogens is 5. The van der Waals surface area contributed by atoms with Crippen molar-refractivity contribution in [2.45, 2.75) is 19.8 Å². The van der Waals surface area contributed by atoms with E-state index in [0.29, 0.717) is 22.4 Å². The second-order valence-electron chi connectivity index (χ2n) is 7.31. The molecule has 1 saturated heterocycles. The van der Waals surface area contributed by atoms with Crippen molar-refractivity contribution in [3.05, 3.63) is 54.1 Å². The summed E-state index contributed by atoms with van der Waals surface area (Å²) < 4.78 is 19.4. The van der Waals surface area contributed by atoms with Gasteiger partial charge in [0.25, 0.3) is 0 Å². The minimum absolute atomic E-state index is 0.155. The van der Waals surface area contributed by atoms with Gasteiger partial charge in [-0.05, 0) is 18.6 Å². The van der Waals surface area contributed by atoms with E-state index in [0.717, 1.165) is 62.5 Å². The Bertz CT molecular complexity index is 1160. The summed E-state index contributed by atoms with van der Waals surface area (Å²) in [6.07, 6.45) is 4.61. The fraction of sp³-hybridized carbons (Fsp3) is 0.364. The van der Waals surface area contributed by atoms with Crippen LogP contribution in [0.3, 0.4) is 0 Å².